The topological polar surface area (TPSA) is 68.5 Å². The first kappa shape index (κ1) is 13.9. The minimum Gasteiger partial charge on any atom is -0.364 e. The lowest BCUT2D eigenvalue weighted by Gasteiger charge is -2.09. The largest absolute Gasteiger partial charge is 0.364 e. The molecule has 0 radical (unpaired) electrons. The van der Waals surface area contributed by atoms with Crippen LogP contribution in [0.3, 0.4) is 0 Å². The maximum absolute atomic E-state index is 4.48. The normalized spacial score (nSPS) is 13.1. The average Bonchev–Trinajstić information content (AvgIpc) is 3.17. The number of aryl methyl sites for hydroxylation is 2. The molecule has 0 amide bonds. The first-order valence-electron chi connectivity index (χ1n) is 7.84. The molecule has 1 aliphatic rings. The Bertz CT molecular complexity index is 824. The lowest BCUT2D eigenvalue weighted by molar-refractivity contribution is 0.713. The number of pyridine rings is 1. The number of fused-ring (bicyclic) bond motifs is 1. The van der Waals surface area contributed by atoms with Crippen molar-refractivity contribution in [3.8, 4) is 11.4 Å². The first-order valence-corrected chi connectivity index (χ1v) is 7.84. The lowest BCUT2D eigenvalue weighted by Crippen LogP contribution is -2.08. The van der Waals surface area contributed by atoms with Crippen LogP contribution in [0.25, 0.3) is 11.4 Å². The van der Waals surface area contributed by atoms with Gasteiger partial charge in [-0.05, 0) is 25.5 Å². The summed E-state index contributed by atoms with van der Waals surface area (Å²) in [5.41, 5.74) is 2.89. The number of imidazole rings is 1. The highest BCUT2D eigenvalue weighted by atomic mass is 15.1. The fraction of sp³-hybridized carbons (Fsp3) is 0.294. The van der Waals surface area contributed by atoms with Gasteiger partial charge in [0.2, 0.25) is 0 Å². The van der Waals surface area contributed by atoms with Gasteiger partial charge >= 0.3 is 0 Å². The van der Waals surface area contributed by atoms with Gasteiger partial charge in [0.15, 0.2) is 0 Å². The van der Waals surface area contributed by atoms with E-state index in [9.17, 15) is 0 Å². The molecule has 3 aromatic rings. The minimum atomic E-state index is 0.713. The van der Waals surface area contributed by atoms with E-state index in [0.717, 1.165) is 36.0 Å². The third-order valence-electron chi connectivity index (χ3n) is 4.02. The van der Waals surface area contributed by atoms with Crippen molar-refractivity contribution in [1.82, 2.24) is 24.5 Å². The average molecular weight is 306 g/mol. The van der Waals surface area contributed by atoms with Gasteiger partial charge in [-0.2, -0.15) is 0 Å². The number of hydrogen-bond acceptors (Lipinski definition) is 5. The first-order chi connectivity index (χ1) is 11.3. The number of rotatable bonds is 4. The smallest absolute Gasteiger partial charge is 0.130 e. The van der Waals surface area contributed by atoms with E-state index in [1.54, 1.807) is 6.20 Å². The van der Waals surface area contributed by atoms with Crippen LogP contribution in [0.1, 0.15) is 23.8 Å². The van der Waals surface area contributed by atoms with Gasteiger partial charge in [-0.15, -0.1) is 0 Å². The molecule has 3 aromatic heterocycles. The van der Waals surface area contributed by atoms with Gasteiger partial charge < -0.3 is 9.88 Å². The Morgan fingerprint density at radius 3 is 3.00 bits per heavy atom. The quantitative estimate of drug-likeness (QED) is 0.802. The molecule has 0 aromatic carbocycles. The van der Waals surface area contributed by atoms with E-state index in [2.05, 4.69) is 29.8 Å². The molecule has 0 fully saturated rings. The van der Waals surface area contributed by atoms with Crippen LogP contribution in [0.15, 0.2) is 36.7 Å². The van der Waals surface area contributed by atoms with Crippen molar-refractivity contribution in [3.05, 3.63) is 54.0 Å². The third-order valence-corrected chi connectivity index (χ3v) is 4.02. The third kappa shape index (κ3) is 2.79. The van der Waals surface area contributed by atoms with Crippen molar-refractivity contribution >= 4 is 5.82 Å². The Kier molecular flexibility index (Phi) is 3.49. The van der Waals surface area contributed by atoms with E-state index in [4.69, 9.17) is 0 Å². The number of nitrogens with zero attached hydrogens (tertiary/aromatic N) is 5. The molecule has 0 spiro atoms. The van der Waals surface area contributed by atoms with Crippen LogP contribution >= 0.6 is 0 Å². The van der Waals surface area contributed by atoms with E-state index < -0.39 is 0 Å². The number of nitrogens with one attached hydrogen (secondary N) is 1. The van der Waals surface area contributed by atoms with Crippen LogP contribution in [0.2, 0.25) is 0 Å². The fourth-order valence-corrected chi connectivity index (χ4v) is 2.95. The molecule has 0 unspecified atom stereocenters. The Morgan fingerprint density at radius 2 is 2.13 bits per heavy atom. The SMILES string of the molecule is Cc1nc(NCc2cnc3n2CCC3)cc(-c2ccccn2)n1. The van der Waals surface area contributed by atoms with E-state index >= 15 is 0 Å². The van der Waals surface area contributed by atoms with Crippen LogP contribution in [-0.4, -0.2) is 24.5 Å². The maximum atomic E-state index is 4.48. The zero-order chi connectivity index (χ0) is 15.6. The summed E-state index contributed by atoms with van der Waals surface area (Å²) < 4.78 is 2.29. The number of anilines is 1. The van der Waals surface area contributed by atoms with Crippen molar-refractivity contribution in [1.29, 1.82) is 0 Å². The van der Waals surface area contributed by atoms with Gasteiger partial charge in [-0.3, -0.25) is 4.98 Å². The van der Waals surface area contributed by atoms with E-state index in [1.165, 1.54) is 17.9 Å². The van der Waals surface area contributed by atoms with Crippen LogP contribution in [-0.2, 0) is 19.5 Å². The van der Waals surface area contributed by atoms with Gasteiger partial charge in [0, 0.05) is 25.2 Å². The summed E-state index contributed by atoms with van der Waals surface area (Å²) in [6.07, 6.45) is 5.99. The minimum absolute atomic E-state index is 0.713. The highest BCUT2D eigenvalue weighted by Crippen LogP contribution is 2.19. The number of aromatic nitrogens is 5. The molecule has 0 saturated carbocycles. The van der Waals surface area contributed by atoms with Gasteiger partial charge in [-0.1, -0.05) is 6.07 Å². The molecule has 116 valence electrons. The maximum Gasteiger partial charge on any atom is 0.130 e. The van der Waals surface area contributed by atoms with E-state index in [-0.39, 0.29) is 0 Å². The molecule has 1 N–H and O–H groups in total. The molecular weight excluding hydrogens is 288 g/mol. The predicted octanol–water partition coefficient (Wildman–Crippen LogP) is 2.60. The summed E-state index contributed by atoms with van der Waals surface area (Å²) in [5.74, 6) is 2.73. The predicted molar refractivity (Wildman–Crippen MR) is 87.9 cm³/mol. The molecule has 6 heteroatoms. The van der Waals surface area contributed by atoms with Gasteiger partial charge in [0.05, 0.1) is 29.8 Å². The Hall–Kier alpha value is -2.76. The molecule has 1 aliphatic heterocycles. The second-order valence-electron chi connectivity index (χ2n) is 5.68. The Balaban J connectivity index is 1.56. The summed E-state index contributed by atoms with van der Waals surface area (Å²) in [4.78, 5) is 17.8. The summed E-state index contributed by atoms with van der Waals surface area (Å²) in [5, 5.41) is 3.39. The molecule has 0 bridgehead atoms. The molecule has 0 atom stereocenters. The highest BCUT2D eigenvalue weighted by molar-refractivity contribution is 5.58. The van der Waals surface area contributed by atoms with Crippen LogP contribution in [0.4, 0.5) is 5.82 Å². The summed E-state index contributed by atoms with van der Waals surface area (Å²) in [7, 11) is 0. The lowest BCUT2D eigenvalue weighted by atomic mass is 10.2. The van der Waals surface area contributed by atoms with Crippen molar-refractivity contribution in [2.75, 3.05) is 5.32 Å². The standard InChI is InChI=1S/C17H18N6/c1-12-21-15(14-5-2-3-7-18-14)9-16(22-12)19-10-13-11-20-17-6-4-8-23(13)17/h2-3,5,7,9,11H,4,6,8,10H2,1H3,(H,19,21,22). The van der Waals surface area contributed by atoms with E-state index in [0.29, 0.717) is 6.54 Å². The van der Waals surface area contributed by atoms with Crippen molar-refractivity contribution < 1.29 is 0 Å². The Labute approximate surface area is 134 Å². The van der Waals surface area contributed by atoms with Crippen molar-refractivity contribution in [2.45, 2.75) is 32.9 Å². The van der Waals surface area contributed by atoms with Gasteiger partial charge in [0.1, 0.15) is 17.5 Å². The highest BCUT2D eigenvalue weighted by Gasteiger charge is 2.15. The van der Waals surface area contributed by atoms with Crippen LogP contribution < -0.4 is 5.32 Å². The van der Waals surface area contributed by atoms with Crippen molar-refractivity contribution in [3.63, 3.8) is 0 Å². The summed E-state index contributed by atoms with van der Waals surface area (Å²) in [6, 6.07) is 7.76. The Morgan fingerprint density at radius 1 is 1.17 bits per heavy atom. The second kappa shape index (κ2) is 5.79. The van der Waals surface area contributed by atoms with Crippen LogP contribution in [0.5, 0.6) is 0 Å². The zero-order valence-corrected chi connectivity index (χ0v) is 13.0. The zero-order valence-electron chi connectivity index (χ0n) is 13.0. The van der Waals surface area contributed by atoms with Crippen molar-refractivity contribution in [2.24, 2.45) is 0 Å². The molecule has 0 aliphatic carbocycles. The summed E-state index contributed by atoms with van der Waals surface area (Å²) >= 11 is 0. The second-order valence-corrected chi connectivity index (χ2v) is 5.68. The molecule has 6 nitrogen and oxygen atoms in total. The molecule has 4 heterocycles. The fourth-order valence-electron chi connectivity index (χ4n) is 2.95. The monoisotopic (exact) mass is 306 g/mol. The summed E-state index contributed by atoms with van der Waals surface area (Å²) in [6.45, 7) is 3.67. The number of hydrogen-bond donors (Lipinski definition) is 1. The van der Waals surface area contributed by atoms with Gasteiger partial charge in [0.25, 0.3) is 0 Å². The van der Waals surface area contributed by atoms with Gasteiger partial charge in [-0.25, -0.2) is 15.0 Å². The molecule has 23 heavy (non-hydrogen) atoms. The van der Waals surface area contributed by atoms with Crippen LogP contribution in [0, 0.1) is 6.92 Å². The molecule has 0 saturated heterocycles. The van der Waals surface area contributed by atoms with E-state index in [1.807, 2.05) is 37.4 Å². The molecule has 4 rings (SSSR count). The molecular formula is C17H18N6.